The van der Waals surface area contributed by atoms with Gasteiger partial charge in [-0.15, -0.1) is 0 Å². The van der Waals surface area contributed by atoms with E-state index in [1.807, 2.05) is 0 Å². The van der Waals surface area contributed by atoms with Crippen molar-refractivity contribution >= 4 is 23.8 Å². The fourth-order valence-electron chi connectivity index (χ4n) is 1.66. The van der Waals surface area contributed by atoms with Crippen molar-refractivity contribution in [3.05, 3.63) is 41.5 Å². The van der Waals surface area contributed by atoms with Gasteiger partial charge in [-0.05, 0) is 19.1 Å². The second kappa shape index (κ2) is 9.69. The average molecular weight is 348 g/mol. The van der Waals surface area contributed by atoms with Gasteiger partial charge in [0.25, 0.3) is 0 Å². The summed E-state index contributed by atoms with van der Waals surface area (Å²) < 4.78 is 14.9. The van der Waals surface area contributed by atoms with Crippen LogP contribution in [0.3, 0.4) is 0 Å². The number of benzene rings is 1. The summed E-state index contributed by atoms with van der Waals surface area (Å²) in [6.07, 6.45) is 0.221. The van der Waals surface area contributed by atoms with Gasteiger partial charge < -0.3 is 19.3 Å². The molecule has 0 aliphatic carbocycles. The van der Waals surface area contributed by atoms with Crippen molar-refractivity contribution in [3.63, 3.8) is 0 Å². The molecule has 0 heterocycles. The van der Waals surface area contributed by atoms with E-state index in [0.717, 1.165) is 0 Å². The lowest BCUT2D eigenvalue weighted by molar-refractivity contribution is -0.140. The number of para-hydroxylation sites is 2. The second-order valence-corrected chi connectivity index (χ2v) is 4.75. The number of carbonyl (C=O) groups is 3. The van der Waals surface area contributed by atoms with E-state index >= 15 is 0 Å². The Morgan fingerprint density at radius 3 is 2.40 bits per heavy atom. The standard InChI is InChI=1S/C17H16O8/c1-11(7-15(19)20)17(22)24-10-12(9-18)8-16(21)25-14-6-4-3-5-13(14)23-2/h3-7H,8,10H2,1-2H3,(H,19,20)/b11-7+. The van der Waals surface area contributed by atoms with E-state index < -0.39 is 30.9 Å². The smallest absolute Gasteiger partial charge is 0.334 e. The summed E-state index contributed by atoms with van der Waals surface area (Å²) >= 11 is 0. The van der Waals surface area contributed by atoms with Crippen molar-refractivity contribution in [3.8, 4) is 11.5 Å². The molecule has 0 aliphatic rings. The Labute approximate surface area is 143 Å². The number of carboxylic acid groups (broad SMARTS) is 1. The lowest BCUT2D eigenvalue weighted by atomic mass is 10.2. The summed E-state index contributed by atoms with van der Waals surface area (Å²) in [7, 11) is 1.41. The number of methoxy groups -OCH3 is 1. The topological polar surface area (TPSA) is 116 Å². The first-order valence-corrected chi connectivity index (χ1v) is 7.02. The van der Waals surface area contributed by atoms with Gasteiger partial charge in [0, 0.05) is 11.6 Å². The molecule has 8 heteroatoms. The van der Waals surface area contributed by atoms with Crippen molar-refractivity contribution in [2.45, 2.75) is 13.3 Å². The molecule has 0 atom stereocenters. The fraction of sp³-hybridized carbons (Fsp3) is 0.235. The summed E-state index contributed by atoms with van der Waals surface area (Å²) in [4.78, 5) is 44.7. The number of hydrogen-bond acceptors (Lipinski definition) is 7. The number of esters is 2. The maximum atomic E-state index is 11.9. The molecular formula is C17H16O8. The van der Waals surface area contributed by atoms with Gasteiger partial charge in [-0.2, -0.15) is 0 Å². The molecular weight excluding hydrogens is 332 g/mol. The number of rotatable bonds is 8. The molecule has 1 aromatic rings. The predicted molar refractivity (Wildman–Crippen MR) is 84.8 cm³/mol. The highest BCUT2D eigenvalue weighted by Gasteiger charge is 2.15. The number of carboxylic acids is 1. The largest absolute Gasteiger partial charge is 0.493 e. The number of aliphatic carboxylic acids is 1. The van der Waals surface area contributed by atoms with E-state index in [0.29, 0.717) is 11.8 Å². The normalized spacial score (nSPS) is 10.4. The van der Waals surface area contributed by atoms with E-state index in [1.165, 1.54) is 26.0 Å². The Hall–Kier alpha value is -3.38. The molecule has 0 bridgehead atoms. The third-order valence-electron chi connectivity index (χ3n) is 2.83. The van der Waals surface area contributed by atoms with Crippen LogP contribution in [-0.4, -0.2) is 42.7 Å². The van der Waals surface area contributed by atoms with Gasteiger partial charge in [-0.25, -0.2) is 14.4 Å². The molecule has 1 rings (SSSR count). The highest BCUT2D eigenvalue weighted by Crippen LogP contribution is 2.26. The molecule has 1 N–H and O–H groups in total. The fourth-order valence-corrected chi connectivity index (χ4v) is 1.66. The molecule has 0 unspecified atom stereocenters. The zero-order valence-corrected chi connectivity index (χ0v) is 13.6. The zero-order chi connectivity index (χ0) is 18.8. The third kappa shape index (κ3) is 6.72. The highest BCUT2D eigenvalue weighted by atomic mass is 16.6. The summed E-state index contributed by atoms with van der Waals surface area (Å²) in [5.74, 6) is -0.971. The van der Waals surface area contributed by atoms with Crippen LogP contribution < -0.4 is 9.47 Å². The molecule has 0 amide bonds. The van der Waals surface area contributed by atoms with E-state index in [9.17, 15) is 19.2 Å². The summed E-state index contributed by atoms with van der Waals surface area (Å²) in [6, 6.07) is 6.44. The van der Waals surface area contributed by atoms with Crippen LogP contribution in [0, 0.1) is 0 Å². The van der Waals surface area contributed by atoms with Gasteiger partial charge in [-0.3, -0.25) is 4.79 Å². The Morgan fingerprint density at radius 1 is 1.20 bits per heavy atom. The molecule has 1 aromatic carbocycles. The number of ether oxygens (including phenoxy) is 3. The molecule has 0 radical (unpaired) electrons. The Morgan fingerprint density at radius 2 is 1.84 bits per heavy atom. The minimum Gasteiger partial charge on any atom is -0.493 e. The predicted octanol–water partition coefficient (Wildman–Crippen LogP) is 1.32. The monoisotopic (exact) mass is 348 g/mol. The van der Waals surface area contributed by atoms with Crippen LogP contribution in [0.1, 0.15) is 13.3 Å². The molecule has 0 aliphatic heterocycles. The minimum atomic E-state index is -1.30. The van der Waals surface area contributed by atoms with Crippen LogP contribution in [0.4, 0.5) is 0 Å². The number of hydrogen-bond donors (Lipinski definition) is 1. The van der Waals surface area contributed by atoms with E-state index in [1.54, 1.807) is 18.2 Å². The van der Waals surface area contributed by atoms with E-state index in [2.05, 4.69) is 0 Å². The van der Waals surface area contributed by atoms with Crippen molar-refractivity contribution < 1.29 is 38.5 Å². The highest BCUT2D eigenvalue weighted by molar-refractivity contribution is 5.95. The molecule has 25 heavy (non-hydrogen) atoms. The Balaban J connectivity index is 2.62. The first-order valence-electron chi connectivity index (χ1n) is 7.02. The molecule has 0 aromatic heterocycles. The Kier molecular flexibility index (Phi) is 7.62. The summed E-state index contributed by atoms with van der Waals surface area (Å²) in [5, 5.41) is 8.54. The zero-order valence-electron chi connectivity index (χ0n) is 13.6. The van der Waals surface area contributed by atoms with Crippen molar-refractivity contribution in [1.29, 1.82) is 0 Å². The Bertz CT molecular complexity index is 741. The summed E-state index contributed by atoms with van der Waals surface area (Å²) in [5.41, 5.74) is -0.314. The van der Waals surface area contributed by atoms with E-state index in [4.69, 9.17) is 19.3 Å². The minimum absolute atomic E-state index is 0.156. The lowest BCUT2D eigenvalue weighted by Gasteiger charge is -2.09. The van der Waals surface area contributed by atoms with Gasteiger partial charge in [0.05, 0.1) is 19.1 Å². The average Bonchev–Trinajstić information content (AvgIpc) is 2.58. The molecule has 0 saturated heterocycles. The van der Waals surface area contributed by atoms with Gasteiger partial charge in [-0.1, -0.05) is 12.1 Å². The lowest BCUT2D eigenvalue weighted by Crippen LogP contribution is -2.15. The quantitative estimate of drug-likeness (QED) is 0.324. The van der Waals surface area contributed by atoms with Crippen molar-refractivity contribution in [2.24, 2.45) is 0 Å². The van der Waals surface area contributed by atoms with Crippen LogP contribution in [0.25, 0.3) is 0 Å². The molecule has 0 spiro atoms. The molecule has 0 saturated carbocycles. The molecule has 0 fully saturated rings. The second-order valence-electron chi connectivity index (χ2n) is 4.75. The number of carbonyl (C=O) groups excluding carboxylic acids is 3. The first kappa shape index (κ1) is 19.7. The van der Waals surface area contributed by atoms with Crippen molar-refractivity contribution in [2.75, 3.05) is 13.7 Å². The van der Waals surface area contributed by atoms with Crippen LogP contribution in [-0.2, 0) is 23.9 Å². The maximum Gasteiger partial charge on any atom is 0.334 e. The van der Waals surface area contributed by atoms with Gasteiger partial charge in [0.1, 0.15) is 12.5 Å². The van der Waals surface area contributed by atoms with Gasteiger partial charge in [0.2, 0.25) is 0 Å². The van der Waals surface area contributed by atoms with Crippen LogP contribution in [0.2, 0.25) is 0 Å². The van der Waals surface area contributed by atoms with Crippen molar-refractivity contribution in [1.82, 2.24) is 0 Å². The molecule has 8 nitrogen and oxygen atoms in total. The first-order chi connectivity index (χ1) is 11.9. The van der Waals surface area contributed by atoms with Crippen LogP contribution in [0.15, 0.2) is 41.5 Å². The molecule has 132 valence electrons. The van der Waals surface area contributed by atoms with Crippen LogP contribution >= 0.6 is 0 Å². The van der Waals surface area contributed by atoms with Gasteiger partial charge >= 0.3 is 17.9 Å². The SMILES string of the molecule is COc1ccccc1OC(=O)CC(=C=O)COC(=O)/C(C)=C/C(=O)O. The van der Waals surface area contributed by atoms with Gasteiger partial charge in [0.15, 0.2) is 11.5 Å². The summed E-state index contributed by atoms with van der Waals surface area (Å²) in [6.45, 7) is 0.741. The van der Waals surface area contributed by atoms with E-state index in [-0.39, 0.29) is 16.9 Å². The van der Waals surface area contributed by atoms with Crippen LogP contribution in [0.5, 0.6) is 11.5 Å². The third-order valence-corrected chi connectivity index (χ3v) is 2.83. The maximum absolute atomic E-state index is 11.9.